The normalized spacial score (nSPS) is 10.9. The van der Waals surface area contributed by atoms with Gasteiger partial charge in [0.05, 0.1) is 25.7 Å². The second-order valence-electron chi connectivity index (χ2n) is 6.91. The number of nitrogens with zero attached hydrogens (tertiary/aromatic N) is 3. The van der Waals surface area contributed by atoms with Crippen LogP contribution in [0.2, 0.25) is 0 Å². The van der Waals surface area contributed by atoms with Crippen LogP contribution in [-0.4, -0.2) is 27.0 Å². The standard InChI is InChI=1S/C23H18FN3O4/c1-31-18-10-6-16(7-11-18)20(28)14-26-19-3-2-12-25-21(19)22(29)27(23(26)30)13-15-4-8-17(24)9-5-15/h2-12H,13-14H2,1H3. The Kier molecular flexibility index (Phi) is 5.44. The lowest BCUT2D eigenvalue weighted by Gasteiger charge is -2.13. The Bertz CT molecular complexity index is 1370. The molecule has 0 N–H and O–H groups in total. The fourth-order valence-electron chi connectivity index (χ4n) is 3.32. The summed E-state index contributed by atoms with van der Waals surface area (Å²) >= 11 is 0. The summed E-state index contributed by atoms with van der Waals surface area (Å²) in [5, 5.41) is 0. The van der Waals surface area contributed by atoms with Crippen molar-refractivity contribution >= 4 is 16.8 Å². The summed E-state index contributed by atoms with van der Waals surface area (Å²) in [6.07, 6.45) is 1.45. The second kappa shape index (κ2) is 8.35. The van der Waals surface area contributed by atoms with Crippen molar-refractivity contribution in [2.24, 2.45) is 0 Å². The minimum absolute atomic E-state index is 0.0683. The molecule has 0 unspecified atom stereocenters. The number of pyridine rings is 1. The number of Topliss-reactive ketones (excluding diaryl/α,β-unsaturated/α-hetero) is 1. The van der Waals surface area contributed by atoms with Gasteiger partial charge in [0.1, 0.15) is 11.6 Å². The van der Waals surface area contributed by atoms with Crippen LogP contribution in [0.4, 0.5) is 4.39 Å². The first kappa shape index (κ1) is 20.2. The molecule has 0 saturated carbocycles. The highest BCUT2D eigenvalue weighted by molar-refractivity contribution is 5.96. The van der Waals surface area contributed by atoms with E-state index in [1.807, 2.05) is 0 Å². The summed E-state index contributed by atoms with van der Waals surface area (Å²) in [6, 6.07) is 15.2. The number of carbonyl (C=O) groups is 1. The number of hydrogen-bond donors (Lipinski definition) is 0. The van der Waals surface area contributed by atoms with Gasteiger partial charge in [0.25, 0.3) is 5.56 Å². The van der Waals surface area contributed by atoms with Gasteiger partial charge in [-0.3, -0.25) is 18.7 Å². The van der Waals surface area contributed by atoms with Crippen molar-refractivity contribution in [1.82, 2.24) is 14.1 Å². The lowest BCUT2D eigenvalue weighted by molar-refractivity contribution is 0.0971. The van der Waals surface area contributed by atoms with Gasteiger partial charge in [-0.05, 0) is 54.1 Å². The summed E-state index contributed by atoms with van der Waals surface area (Å²) in [6.45, 7) is -0.335. The minimum Gasteiger partial charge on any atom is -0.497 e. The van der Waals surface area contributed by atoms with E-state index in [9.17, 15) is 18.8 Å². The number of fused-ring (bicyclic) bond motifs is 1. The number of carbonyl (C=O) groups excluding carboxylic acids is 1. The van der Waals surface area contributed by atoms with E-state index in [4.69, 9.17) is 4.74 Å². The first-order chi connectivity index (χ1) is 15.0. The molecule has 0 radical (unpaired) electrons. The van der Waals surface area contributed by atoms with Gasteiger partial charge < -0.3 is 4.74 Å². The van der Waals surface area contributed by atoms with Crippen LogP contribution in [0.3, 0.4) is 0 Å². The van der Waals surface area contributed by atoms with Crippen molar-refractivity contribution in [3.8, 4) is 5.75 Å². The van der Waals surface area contributed by atoms with Gasteiger partial charge in [-0.1, -0.05) is 12.1 Å². The van der Waals surface area contributed by atoms with Crippen LogP contribution in [-0.2, 0) is 13.1 Å². The lowest BCUT2D eigenvalue weighted by atomic mass is 10.1. The van der Waals surface area contributed by atoms with Crippen LogP contribution >= 0.6 is 0 Å². The zero-order valence-corrected chi connectivity index (χ0v) is 16.6. The molecule has 2 aromatic carbocycles. The second-order valence-corrected chi connectivity index (χ2v) is 6.91. The monoisotopic (exact) mass is 419 g/mol. The SMILES string of the molecule is COc1ccc(C(=O)Cn2c(=O)n(Cc3ccc(F)cc3)c(=O)c3ncccc32)cc1. The topological polar surface area (TPSA) is 83.2 Å². The lowest BCUT2D eigenvalue weighted by Crippen LogP contribution is -2.41. The summed E-state index contributed by atoms with van der Waals surface area (Å²) < 4.78 is 20.6. The maximum absolute atomic E-state index is 13.2. The molecule has 0 bridgehead atoms. The molecule has 156 valence electrons. The van der Waals surface area contributed by atoms with E-state index in [0.29, 0.717) is 16.9 Å². The molecule has 8 heteroatoms. The molecule has 0 spiro atoms. The fraction of sp³-hybridized carbons (Fsp3) is 0.130. The van der Waals surface area contributed by atoms with Crippen LogP contribution in [0.5, 0.6) is 5.75 Å². The molecule has 4 aromatic rings. The Morgan fingerprint density at radius 1 is 1.00 bits per heavy atom. The molecule has 0 atom stereocenters. The summed E-state index contributed by atoms with van der Waals surface area (Å²) in [5.41, 5.74) is 0.112. The molecule has 2 aromatic heterocycles. The first-order valence-electron chi connectivity index (χ1n) is 9.48. The zero-order chi connectivity index (χ0) is 22.0. The third-order valence-corrected chi connectivity index (χ3v) is 4.95. The van der Waals surface area contributed by atoms with Crippen molar-refractivity contribution < 1.29 is 13.9 Å². The number of rotatable bonds is 6. The molecule has 0 aliphatic carbocycles. The molecule has 2 heterocycles. The number of ether oxygens (including phenoxy) is 1. The van der Waals surface area contributed by atoms with Gasteiger partial charge >= 0.3 is 5.69 Å². The molecule has 31 heavy (non-hydrogen) atoms. The maximum atomic E-state index is 13.2. The Balaban J connectivity index is 1.80. The van der Waals surface area contributed by atoms with Crippen molar-refractivity contribution in [2.75, 3.05) is 7.11 Å². The molecule has 0 fully saturated rings. The third kappa shape index (κ3) is 4.00. The number of methoxy groups -OCH3 is 1. The van der Waals surface area contributed by atoms with Crippen molar-refractivity contribution in [3.05, 3.63) is 105 Å². The van der Waals surface area contributed by atoms with Gasteiger partial charge in [0, 0.05) is 11.8 Å². The highest BCUT2D eigenvalue weighted by Gasteiger charge is 2.17. The molecule has 0 aliphatic heterocycles. The Hall–Kier alpha value is -4.07. The van der Waals surface area contributed by atoms with Gasteiger partial charge in [-0.25, -0.2) is 14.2 Å². The molecular formula is C23H18FN3O4. The first-order valence-corrected chi connectivity index (χ1v) is 9.48. The molecule has 0 amide bonds. The largest absolute Gasteiger partial charge is 0.497 e. The summed E-state index contributed by atoms with van der Waals surface area (Å²) in [4.78, 5) is 43.1. The Morgan fingerprint density at radius 3 is 2.39 bits per heavy atom. The van der Waals surface area contributed by atoms with Gasteiger partial charge in [-0.15, -0.1) is 0 Å². The van der Waals surface area contributed by atoms with E-state index in [1.165, 1.54) is 42.1 Å². The minimum atomic E-state index is -0.642. The number of ketones is 1. The molecular weight excluding hydrogens is 401 g/mol. The highest BCUT2D eigenvalue weighted by atomic mass is 19.1. The van der Waals surface area contributed by atoms with E-state index in [1.54, 1.807) is 36.4 Å². The van der Waals surface area contributed by atoms with Crippen molar-refractivity contribution in [1.29, 1.82) is 0 Å². The van der Waals surface area contributed by atoms with Crippen LogP contribution in [0.1, 0.15) is 15.9 Å². The number of hydrogen-bond acceptors (Lipinski definition) is 5. The van der Waals surface area contributed by atoms with E-state index >= 15 is 0 Å². The highest BCUT2D eigenvalue weighted by Crippen LogP contribution is 2.13. The predicted octanol–water partition coefficient (Wildman–Crippen LogP) is 2.64. The molecule has 7 nitrogen and oxygen atoms in total. The third-order valence-electron chi connectivity index (χ3n) is 4.95. The summed E-state index contributed by atoms with van der Waals surface area (Å²) in [5.74, 6) is -0.114. The average Bonchev–Trinajstić information content (AvgIpc) is 2.80. The van der Waals surface area contributed by atoms with Gasteiger partial charge in [-0.2, -0.15) is 0 Å². The Labute approximate surface area is 176 Å². The quantitative estimate of drug-likeness (QED) is 0.449. The van der Waals surface area contributed by atoms with E-state index in [0.717, 1.165) is 4.57 Å². The predicted molar refractivity (Wildman–Crippen MR) is 113 cm³/mol. The molecule has 0 aliphatic rings. The smallest absolute Gasteiger partial charge is 0.332 e. The van der Waals surface area contributed by atoms with E-state index < -0.39 is 17.1 Å². The van der Waals surface area contributed by atoms with Gasteiger partial charge in [0.2, 0.25) is 0 Å². The summed E-state index contributed by atoms with van der Waals surface area (Å²) in [7, 11) is 1.53. The fourth-order valence-corrected chi connectivity index (χ4v) is 3.32. The molecule has 4 rings (SSSR count). The number of halogens is 1. The average molecular weight is 419 g/mol. The van der Waals surface area contributed by atoms with Crippen LogP contribution < -0.4 is 16.0 Å². The van der Waals surface area contributed by atoms with Gasteiger partial charge in [0.15, 0.2) is 11.3 Å². The van der Waals surface area contributed by atoms with Crippen molar-refractivity contribution in [2.45, 2.75) is 13.1 Å². The van der Waals surface area contributed by atoms with Crippen LogP contribution in [0, 0.1) is 5.82 Å². The van der Waals surface area contributed by atoms with E-state index in [-0.39, 0.29) is 29.9 Å². The van der Waals surface area contributed by atoms with E-state index in [2.05, 4.69) is 4.98 Å². The van der Waals surface area contributed by atoms with Crippen molar-refractivity contribution in [3.63, 3.8) is 0 Å². The van der Waals surface area contributed by atoms with Crippen LogP contribution in [0.25, 0.3) is 11.0 Å². The molecule has 0 saturated heterocycles. The number of benzene rings is 2. The number of aromatic nitrogens is 3. The van der Waals surface area contributed by atoms with Crippen LogP contribution in [0.15, 0.2) is 76.4 Å². The maximum Gasteiger partial charge on any atom is 0.332 e. The Morgan fingerprint density at radius 2 is 1.71 bits per heavy atom. The zero-order valence-electron chi connectivity index (χ0n) is 16.6.